The fourth-order valence-electron chi connectivity index (χ4n) is 3.82. The summed E-state index contributed by atoms with van der Waals surface area (Å²) < 4.78 is 49.7. The van der Waals surface area contributed by atoms with Crippen molar-refractivity contribution in [1.82, 2.24) is 15.0 Å². The standard InChI is InChI=1S/C24H24F3N5O5/c1-23(2,3)36-22(33)31-11-9-30(10-12-31)18-8-7-16(14-19(18)32(34)35)21-28-20(29-37-21)15-5-4-6-17(13-15)24(25,26)27/h4-8,13-14H,9-12H2,1-3H3. The van der Waals surface area contributed by atoms with Gasteiger partial charge in [-0.1, -0.05) is 17.3 Å². The Hall–Kier alpha value is -4.16. The second-order valence-corrected chi connectivity index (χ2v) is 9.42. The topological polar surface area (TPSA) is 115 Å². The normalized spacial score (nSPS) is 14.5. The van der Waals surface area contributed by atoms with Gasteiger partial charge in [-0.05, 0) is 45.0 Å². The van der Waals surface area contributed by atoms with Crippen molar-refractivity contribution in [1.29, 1.82) is 0 Å². The number of hydrogen-bond acceptors (Lipinski definition) is 8. The summed E-state index contributed by atoms with van der Waals surface area (Å²) in [6.07, 6.45) is -4.97. The van der Waals surface area contributed by atoms with Crippen LogP contribution in [0, 0.1) is 10.1 Å². The van der Waals surface area contributed by atoms with Crippen LogP contribution in [-0.2, 0) is 10.9 Å². The van der Waals surface area contributed by atoms with Crippen LogP contribution in [0.2, 0.25) is 0 Å². The number of halogens is 3. The highest BCUT2D eigenvalue weighted by Gasteiger charge is 2.31. The molecule has 1 saturated heterocycles. The third-order valence-corrected chi connectivity index (χ3v) is 5.57. The van der Waals surface area contributed by atoms with Crippen molar-refractivity contribution in [2.24, 2.45) is 0 Å². The van der Waals surface area contributed by atoms with Gasteiger partial charge in [-0.15, -0.1) is 0 Å². The molecule has 2 heterocycles. The molecule has 0 atom stereocenters. The summed E-state index contributed by atoms with van der Waals surface area (Å²) >= 11 is 0. The molecule has 37 heavy (non-hydrogen) atoms. The molecule has 0 spiro atoms. The van der Waals surface area contributed by atoms with Gasteiger partial charge in [0.25, 0.3) is 11.6 Å². The third kappa shape index (κ3) is 5.98. The number of hydrogen-bond donors (Lipinski definition) is 0. The minimum Gasteiger partial charge on any atom is -0.444 e. The molecule has 196 valence electrons. The van der Waals surface area contributed by atoms with Crippen LogP contribution >= 0.6 is 0 Å². The molecule has 4 rings (SSSR count). The smallest absolute Gasteiger partial charge is 0.416 e. The van der Waals surface area contributed by atoms with E-state index in [0.717, 1.165) is 12.1 Å². The van der Waals surface area contributed by atoms with Gasteiger partial charge in [0.2, 0.25) is 5.82 Å². The molecule has 0 radical (unpaired) electrons. The van der Waals surface area contributed by atoms with Crippen LogP contribution in [0.1, 0.15) is 26.3 Å². The van der Waals surface area contributed by atoms with E-state index in [1.807, 2.05) is 0 Å². The minimum atomic E-state index is -4.53. The van der Waals surface area contributed by atoms with Gasteiger partial charge in [-0.2, -0.15) is 18.2 Å². The first kappa shape index (κ1) is 25.9. The van der Waals surface area contributed by atoms with E-state index >= 15 is 0 Å². The molecular formula is C24H24F3N5O5. The van der Waals surface area contributed by atoms with Crippen LogP contribution in [0.5, 0.6) is 0 Å². The van der Waals surface area contributed by atoms with Crippen molar-refractivity contribution in [3.05, 3.63) is 58.1 Å². The van der Waals surface area contributed by atoms with Crippen molar-refractivity contribution in [3.63, 3.8) is 0 Å². The average Bonchev–Trinajstić information content (AvgIpc) is 3.33. The maximum absolute atomic E-state index is 13.0. The number of ether oxygens (including phenoxy) is 1. The number of nitro benzene ring substituents is 1. The molecular weight excluding hydrogens is 495 g/mol. The summed E-state index contributed by atoms with van der Waals surface area (Å²) in [4.78, 5) is 31.1. The van der Waals surface area contributed by atoms with Crippen molar-refractivity contribution < 1.29 is 32.1 Å². The molecule has 0 aliphatic carbocycles. The van der Waals surface area contributed by atoms with E-state index in [-0.39, 0.29) is 28.5 Å². The Kier molecular flexibility index (Phi) is 6.80. The average molecular weight is 519 g/mol. The molecule has 0 N–H and O–H groups in total. The SMILES string of the molecule is CC(C)(C)OC(=O)N1CCN(c2ccc(-c3nc(-c4cccc(C(F)(F)F)c4)no3)cc2[N+](=O)[O-])CC1. The highest BCUT2D eigenvalue weighted by atomic mass is 19.4. The first-order valence-corrected chi connectivity index (χ1v) is 11.3. The Morgan fingerprint density at radius 2 is 1.76 bits per heavy atom. The number of amides is 1. The second kappa shape index (κ2) is 9.71. The molecule has 0 saturated carbocycles. The van der Waals surface area contributed by atoms with E-state index in [1.165, 1.54) is 18.2 Å². The van der Waals surface area contributed by atoms with Crippen LogP contribution in [0.3, 0.4) is 0 Å². The number of alkyl halides is 3. The summed E-state index contributed by atoms with van der Waals surface area (Å²) in [5.74, 6) is -0.150. The van der Waals surface area contributed by atoms with Crippen LogP contribution in [0.15, 0.2) is 47.0 Å². The largest absolute Gasteiger partial charge is 0.444 e. The molecule has 13 heteroatoms. The van der Waals surface area contributed by atoms with E-state index in [0.29, 0.717) is 31.9 Å². The van der Waals surface area contributed by atoms with Gasteiger partial charge in [0, 0.05) is 43.4 Å². The Labute approximate surface area is 209 Å². The summed E-state index contributed by atoms with van der Waals surface area (Å²) in [5.41, 5.74) is -0.994. The van der Waals surface area contributed by atoms with Crippen LogP contribution in [-0.4, -0.2) is 57.8 Å². The first-order valence-electron chi connectivity index (χ1n) is 11.3. The number of nitrogens with zero attached hydrogens (tertiary/aromatic N) is 5. The number of aromatic nitrogens is 2. The molecule has 3 aromatic rings. The van der Waals surface area contributed by atoms with Crippen molar-refractivity contribution in [2.75, 3.05) is 31.1 Å². The number of piperazine rings is 1. The lowest BCUT2D eigenvalue weighted by Gasteiger charge is -2.36. The maximum Gasteiger partial charge on any atom is 0.416 e. The van der Waals surface area contributed by atoms with E-state index in [2.05, 4.69) is 10.1 Å². The Balaban J connectivity index is 1.53. The minimum absolute atomic E-state index is 0.0724. The zero-order valence-corrected chi connectivity index (χ0v) is 20.3. The fraction of sp³-hybridized carbons (Fsp3) is 0.375. The summed E-state index contributed by atoms with van der Waals surface area (Å²) in [7, 11) is 0. The lowest BCUT2D eigenvalue weighted by Crippen LogP contribution is -2.50. The second-order valence-electron chi connectivity index (χ2n) is 9.42. The van der Waals surface area contributed by atoms with Crippen LogP contribution < -0.4 is 4.90 Å². The molecule has 0 bridgehead atoms. The van der Waals surface area contributed by atoms with Gasteiger partial charge in [-0.25, -0.2) is 4.79 Å². The zero-order chi connectivity index (χ0) is 27.0. The van der Waals surface area contributed by atoms with Gasteiger partial charge in [0.15, 0.2) is 0 Å². The predicted octanol–water partition coefficient (Wildman–Crippen LogP) is 5.39. The van der Waals surface area contributed by atoms with E-state index in [9.17, 15) is 28.1 Å². The quantitative estimate of drug-likeness (QED) is 0.333. The van der Waals surface area contributed by atoms with Crippen molar-refractivity contribution in [3.8, 4) is 22.8 Å². The molecule has 10 nitrogen and oxygen atoms in total. The Morgan fingerprint density at radius 3 is 2.38 bits per heavy atom. The number of carbonyl (C=O) groups excluding carboxylic acids is 1. The predicted molar refractivity (Wildman–Crippen MR) is 127 cm³/mol. The van der Waals surface area contributed by atoms with Crippen LogP contribution in [0.4, 0.5) is 29.3 Å². The third-order valence-electron chi connectivity index (χ3n) is 5.57. The van der Waals surface area contributed by atoms with Crippen molar-refractivity contribution in [2.45, 2.75) is 32.5 Å². The van der Waals surface area contributed by atoms with Crippen LogP contribution in [0.25, 0.3) is 22.8 Å². The molecule has 1 amide bonds. The van der Waals surface area contributed by atoms with Gasteiger partial charge in [0.05, 0.1) is 10.5 Å². The zero-order valence-electron chi connectivity index (χ0n) is 20.3. The van der Waals surface area contributed by atoms with E-state index in [1.54, 1.807) is 42.7 Å². The van der Waals surface area contributed by atoms with E-state index in [4.69, 9.17) is 9.26 Å². The summed E-state index contributed by atoms with van der Waals surface area (Å²) in [6, 6.07) is 8.86. The lowest BCUT2D eigenvalue weighted by atomic mass is 10.1. The Bertz CT molecular complexity index is 1310. The van der Waals surface area contributed by atoms with Crippen molar-refractivity contribution >= 4 is 17.5 Å². The molecule has 1 fully saturated rings. The number of carbonyl (C=O) groups is 1. The number of benzene rings is 2. The highest BCUT2D eigenvalue weighted by Crippen LogP contribution is 2.35. The first-order chi connectivity index (χ1) is 17.3. The molecule has 1 aliphatic rings. The molecule has 0 unspecified atom stereocenters. The summed E-state index contributed by atoms with van der Waals surface area (Å²) in [5, 5.41) is 15.6. The van der Waals surface area contributed by atoms with Gasteiger partial charge < -0.3 is 19.1 Å². The highest BCUT2D eigenvalue weighted by molar-refractivity contribution is 5.73. The number of nitro groups is 1. The Morgan fingerprint density at radius 1 is 1.05 bits per heavy atom. The number of rotatable bonds is 4. The molecule has 2 aromatic carbocycles. The summed E-state index contributed by atoms with van der Waals surface area (Å²) in [6.45, 7) is 6.71. The fourth-order valence-corrected chi connectivity index (χ4v) is 3.82. The molecule has 1 aliphatic heterocycles. The van der Waals surface area contributed by atoms with Gasteiger partial charge >= 0.3 is 12.3 Å². The van der Waals surface area contributed by atoms with Gasteiger partial charge in [-0.3, -0.25) is 10.1 Å². The van der Waals surface area contributed by atoms with Gasteiger partial charge in [0.1, 0.15) is 11.3 Å². The monoisotopic (exact) mass is 519 g/mol. The number of anilines is 1. The van der Waals surface area contributed by atoms with E-state index < -0.39 is 28.4 Å². The molecule has 1 aromatic heterocycles. The maximum atomic E-state index is 13.0. The lowest BCUT2D eigenvalue weighted by molar-refractivity contribution is -0.384.